The van der Waals surface area contributed by atoms with E-state index in [1.807, 2.05) is 12.3 Å². The van der Waals surface area contributed by atoms with Crippen molar-refractivity contribution >= 4 is 35.0 Å². The Morgan fingerprint density at radius 3 is 2.85 bits per heavy atom. The Balaban J connectivity index is 2.20. The van der Waals surface area contributed by atoms with Crippen molar-refractivity contribution in [1.29, 1.82) is 0 Å². The lowest BCUT2D eigenvalue weighted by molar-refractivity contribution is -0.142. The number of hydrogen-bond acceptors (Lipinski definition) is 6. The van der Waals surface area contributed by atoms with Crippen LogP contribution >= 0.6 is 23.1 Å². The molecule has 0 saturated carbocycles. The molecule has 1 aromatic heterocycles. The molecule has 0 fully saturated rings. The van der Waals surface area contributed by atoms with Gasteiger partial charge < -0.3 is 15.5 Å². The van der Waals surface area contributed by atoms with Gasteiger partial charge in [-0.05, 0) is 6.92 Å². The number of carboxylic acid groups (broad SMARTS) is 1. The molecule has 20 heavy (non-hydrogen) atoms. The van der Waals surface area contributed by atoms with Gasteiger partial charge in [-0.1, -0.05) is 0 Å². The molecular formula is C12H18N2O4S2. The summed E-state index contributed by atoms with van der Waals surface area (Å²) in [7, 11) is 0. The largest absolute Gasteiger partial charge is 0.480 e. The lowest BCUT2D eigenvalue weighted by Crippen LogP contribution is -2.41. The predicted molar refractivity (Wildman–Crippen MR) is 78.9 cm³/mol. The monoisotopic (exact) mass is 318 g/mol. The third kappa shape index (κ3) is 6.36. The molecule has 1 heterocycles. The highest BCUT2D eigenvalue weighted by atomic mass is 32.2. The molecule has 6 nitrogen and oxygen atoms in total. The first-order valence-corrected chi connectivity index (χ1v) is 8.18. The third-order valence-electron chi connectivity index (χ3n) is 2.44. The molecule has 1 atom stereocenters. The van der Waals surface area contributed by atoms with Gasteiger partial charge in [-0.15, -0.1) is 11.3 Å². The Hall–Kier alpha value is -1.12. The van der Waals surface area contributed by atoms with Crippen LogP contribution in [-0.2, 0) is 15.3 Å². The van der Waals surface area contributed by atoms with Crippen LogP contribution < -0.4 is 5.32 Å². The van der Waals surface area contributed by atoms with Crippen LogP contribution in [0.25, 0.3) is 0 Å². The third-order valence-corrected chi connectivity index (χ3v) is 4.26. The van der Waals surface area contributed by atoms with Crippen molar-refractivity contribution in [3.05, 3.63) is 16.1 Å². The zero-order valence-electron chi connectivity index (χ0n) is 11.2. The van der Waals surface area contributed by atoms with Crippen LogP contribution in [0.2, 0.25) is 0 Å². The number of thioether (sulfide) groups is 1. The van der Waals surface area contributed by atoms with Gasteiger partial charge in [0.15, 0.2) is 0 Å². The fraction of sp³-hybridized carbons (Fsp3) is 0.583. The normalized spacial score (nSPS) is 12.1. The molecule has 1 rings (SSSR count). The van der Waals surface area contributed by atoms with Crippen LogP contribution in [0.5, 0.6) is 0 Å². The van der Waals surface area contributed by atoms with Gasteiger partial charge in [0.25, 0.3) is 0 Å². The first-order chi connectivity index (χ1) is 9.52. The van der Waals surface area contributed by atoms with E-state index in [4.69, 9.17) is 10.2 Å². The van der Waals surface area contributed by atoms with Gasteiger partial charge in [0.05, 0.1) is 10.7 Å². The summed E-state index contributed by atoms with van der Waals surface area (Å²) in [6.45, 7) is 1.68. The number of nitrogens with one attached hydrogen (secondary N) is 1. The average Bonchev–Trinajstić information content (AvgIpc) is 2.80. The Morgan fingerprint density at radius 1 is 1.55 bits per heavy atom. The van der Waals surface area contributed by atoms with Crippen molar-refractivity contribution in [3.8, 4) is 0 Å². The molecule has 1 aromatic rings. The van der Waals surface area contributed by atoms with E-state index in [1.54, 1.807) is 23.1 Å². The van der Waals surface area contributed by atoms with Crippen LogP contribution in [0.15, 0.2) is 5.38 Å². The van der Waals surface area contributed by atoms with Gasteiger partial charge in [-0.3, -0.25) is 4.79 Å². The minimum absolute atomic E-state index is 0.0202. The number of hydrogen-bond donors (Lipinski definition) is 3. The molecule has 0 aliphatic carbocycles. The number of nitrogens with zero attached hydrogens (tertiary/aromatic N) is 1. The molecule has 0 spiro atoms. The summed E-state index contributed by atoms with van der Waals surface area (Å²) >= 11 is 3.18. The lowest BCUT2D eigenvalue weighted by atomic mass is 10.2. The number of aliphatic carboxylic acids is 1. The highest BCUT2D eigenvalue weighted by molar-refractivity contribution is 7.98. The van der Waals surface area contributed by atoms with E-state index < -0.39 is 12.0 Å². The number of aromatic nitrogens is 1. The summed E-state index contributed by atoms with van der Waals surface area (Å²) < 4.78 is 0. The standard InChI is InChI=1S/C12H18N2O4S2/c1-8-13-9(7-20-8)6-19-5-3-11(16)14-10(2-4-15)12(17)18/h7,10,15H,2-6H2,1H3,(H,14,16)(H,17,18)/t10-/m0/s1. The molecule has 0 aliphatic heterocycles. The summed E-state index contributed by atoms with van der Waals surface area (Å²) in [6, 6.07) is -1.02. The van der Waals surface area contributed by atoms with Crippen molar-refractivity contribution in [1.82, 2.24) is 10.3 Å². The molecular weight excluding hydrogens is 300 g/mol. The van der Waals surface area contributed by atoms with Crippen LogP contribution in [0.1, 0.15) is 23.5 Å². The molecule has 0 bridgehead atoms. The molecule has 0 radical (unpaired) electrons. The fourth-order valence-corrected chi connectivity index (χ4v) is 3.02. The molecule has 1 amide bonds. The van der Waals surface area contributed by atoms with Crippen molar-refractivity contribution in [3.63, 3.8) is 0 Å². The van der Waals surface area contributed by atoms with Crippen molar-refractivity contribution < 1.29 is 19.8 Å². The van der Waals surface area contributed by atoms with E-state index in [1.165, 1.54) is 0 Å². The number of aliphatic hydroxyl groups excluding tert-OH is 1. The summed E-state index contributed by atoms with van der Waals surface area (Å²) in [5.74, 6) is -0.0874. The highest BCUT2D eigenvalue weighted by Crippen LogP contribution is 2.15. The van der Waals surface area contributed by atoms with Crippen molar-refractivity contribution in [2.75, 3.05) is 12.4 Å². The number of aliphatic hydroxyl groups is 1. The molecule has 3 N–H and O–H groups in total. The number of thiazole rings is 1. The van der Waals surface area contributed by atoms with Gasteiger partial charge in [-0.2, -0.15) is 11.8 Å². The molecule has 0 unspecified atom stereocenters. The summed E-state index contributed by atoms with van der Waals surface area (Å²) in [6.07, 6.45) is 0.273. The zero-order chi connectivity index (χ0) is 15.0. The number of carbonyl (C=O) groups is 2. The van der Waals surface area contributed by atoms with E-state index in [0.717, 1.165) is 16.5 Å². The SMILES string of the molecule is Cc1nc(CSCCC(=O)N[C@@H](CCO)C(=O)O)cs1. The Kier molecular flexibility index (Phi) is 7.56. The summed E-state index contributed by atoms with van der Waals surface area (Å²) in [5.41, 5.74) is 1.00. The van der Waals surface area contributed by atoms with E-state index in [2.05, 4.69) is 10.3 Å². The first-order valence-electron chi connectivity index (χ1n) is 6.14. The summed E-state index contributed by atoms with van der Waals surface area (Å²) in [5, 5.41) is 23.0. The number of aryl methyl sites for hydroxylation is 1. The average molecular weight is 318 g/mol. The quantitative estimate of drug-likeness (QED) is 0.588. The van der Waals surface area contributed by atoms with Gasteiger partial charge in [0.2, 0.25) is 5.91 Å². The number of carbonyl (C=O) groups excluding carboxylic acids is 1. The topological polar surface area (TPSA) is 99.5 Å². The zero-order valence-corrected chi connectivity index (χ0v) is 12.8. The van der Waals surface area contributed by atoms with Crippen LogP contribution in [0, 0.1) is 6.92 Å². The van der Waals surface area contributed by atoms with Crippen LogP contribution in [0.3, 0.4) is 0 Å². The highest BCUT2D eigenvalue weighted by Gasteiger charge is 2.18. The van der Waals surface area contributed by atoms with E-state index in [0.29, 0.717) is 5.75 Å². The molecule has 0 saturated heterocycles. The van der Waals surface area contributed by atoms with E-state index >= 15 is 0 Å². The maximum absolute atomic E-state index is 11.6. The molecule has 0 aromatic carbocycles. The van der Waals surface area contributed by atoms with Gasteiger partial charge in [0.1, 0.15) is 6.04 Å². The number of amides is 1. The van der Waals surface area contributed by atoms with Gasteiger partial charge in [0, 0.05) is 36.3 Å². The Labute approximate surface area is 125 Å². The van der Waals surface area contributed by atoms with Gasteiger partial charge in [-0.25, -0.2) is 9.78 Å². The van der Waals surface area contributed by atoms with Crippen LogP contribution in [0.4, 0.5) is 0 Å². The Bertz CT molecular complexity index is 450. The van der Waals surface area contributed by atoms with Crippen molar-refractivity contribution in [2.24, 2.45) is 0 Å². The second-order valence-electron chi connectivity index (χ2n) is 4.13. The molecule has 112 valence electrons. The van der Waals surface area contributed by atoms with Gasteiger partial charge >= 0.3 is 5.97 Å². The van der Waals surface area contributed by atoms with E-state index in [-0.39, 0.29) is 25.4 Å². The second kappa shape index (κ2) is 8.93. The van der Waals surface area contributed by atoms with Crippen LogP contribution in [-0.4, -0.2) is 45.5 Å². The fourth-order valence-electron chi connectivity index (χ4n) is 1.47. The smallest absolute Gasteiger partial charge is 0.326 e. The van der Waals surface area contributed by atoms with E-state index in [9.17, 15) is 9.59 Å². The maximum atomic E-state index is 11.6. The maximum Gasteiger partial charge on any atom is 0.326 e. The molecule has 0 aliphatic rings. The minimum atomic E-state index is -1.13. The second-order valence-corrected chi connectivity index (χ2v) is 6.30. The number of rotatable bonds is 9. The number of carboxylic acids is 1. The lowest BCUT2D eigenvalue weighted by Gasteiger charge is -2.12. The first kappa shape index (κ1) is 16.9. The molecule has 8 heteroatoms. The Morgan fingerprint density at radius 2 is 2.30 bits per heavy atom. The van der Waals surface area contributed by atoms with Crippen molar-refractivity contribution in [2.45, 2.75) is 31.6 Å². The predicted octanol–water partition coefficient (Wildman–Crippen LogP) is 1.03. The summed E-state index contributed by atoms with van der Waals surface area (Å²) in [4.78, 5) is 26.7. The minimum Gasteiger partial charge on any atom is -0.480 e.